The molecule has 25 heavy (non-hydrogen) atoms. The Labute approximate surface area is 153 Å². The number of aryl methyl sites for hydroxylation is 3. The van der Waals surface area contributed by atoms with Crippen LogP contribution in [0.15, 0.2) is 18.2 Å². The lowest BCUT2D eigenvalue weighted by Crippen LogP contribution is -2.53. The number of unbranched alkanes of at least 4 members (excludes halogenated alkanes) is 5. The minimum Gasteiger partial charge on any atom is -0.394 e. The molecule has 0 fully saturated rings. The first kappa shape index (κ1) is 20.4. The summed E-state index contributed by atoms with van der Waals surface area (Å²) in [6.07, 6.45) is 13.1. The molecule has 4 N–H and O–H groups in total. The number of nitrogens with two attached hydrogens (primary N) is 1. The summed E-state index contributed by atoms with van der Waals surface area (Å²) in [5.74, 6) is 0.178. The molecule has 1 aromatic carbocycles. The van der Waals surface area contributed by atoms with Gasteiger partial charge in [0, 0.05) is 0 Å². The van der Waals surface area contributed by atoms with Gasteiger partial charge in [-0.2, -0.15) is 0 Å². The second kappa shape index (κ2) is 10.3. The van der Waals surface area contributed by atoms with Crippen molar-refractivity contribution in [1.29, 1.82) is 0 Å². The molecule has 3 heteroatoms. The summed E-state index contributed by atoms with van der Waals surface area (Å²) in [4.78, 5) is 0. The van der Waals surface area contributed by atoms with Gasteiger partial charge in [0.25, 0.3) is 0 Å². The smallest absolute Gasteiger partial charge is 0.0651 e. The first-order valence-corrected chi connectivity index (χ1v) is 10.2. The van der Waals surface area contributed by atoms with E-state index in [2.05, 4.69) is 25.1 Å². The van der Waals surface area contributed by atoms with E-state index in [1.165, 1.54) is 61.6 Å². The zero-order chi connectivity index (χ0) is 18.1. The average Bonchev–Trinajstić information content (AvgIpc) is 2.86. The van der Waals surface area contributed by atoms with E-state index in [0.717, 1.165) is 25.7 Å². The Kier molecular flexibility index (Phi) is 8.41. The third-order valence-corrected chi connectivity index (χ3v) is 6.02. The van der Waals surface area contributed by atoms with Gasteiger partial charge in [0.2, 0.25) is 0 Å². The van der Waals surface area contributed by atoms with E-state index < -0.39 is 5.54 Å². The molecular formula is C22H37NO2. The van der Waals surface area contributed by atoms with Gasteiger partial charge in [0.05, 0.1) is 18.8 Å². The maximum atomic E-state index is 9.58. The lowest BCUT2D eigenvalue weighted by atomic mass is 9.80. The minimum atomic E-state index is -0.844. The largest absolute Gasteiger partial charge is 0.394 e. The van der Waals surface area contributed by atoms with Gasteiger partial charge >= 0.3 is 0 Å². The van der Waals surface area contributed by atoms with Crippen LogP contribution in [0.5, 0.6) is 0 Å². The molecule has 2 rings (SSSR count). The third kappa shape index (κ3) is 5.80. The summed E-state index contributed by atoms with van der Waals surface area (Å²) < 4.78 is 0. The Morgan fingerprint density at radius 2 is 1.60 bits per heavy atom. The summed E-state index contributed by atoms with van der Waals surface area (Å²) >= 11 is 0. The van der Waals surface area contributed by atoms with Crippen LogP contribution >= 0.6 is 0 Å². The van der Waals surface area contributed by atoms with Gasteiger partial charge in [0.15, 0.2) is 0 Å². The minimum absolute atomic E-state index is 0.145. The van der Waals surface area contributed by atoms with Crippen molar-refractivity contribution >= 4 is 0 Å². The van der Waals surface area contributed by atoms with Crippen molar-refractivity contribution in [2.24, 2.45) is 11.7 Å². The highest BCUT2D eigenvalue weighted by Gasteiger charge is 2.34. The molecule has 0 heterocycles. The molecule has 0 bridgehead atoms. The Morgan fingerprint density at radius 1 is 0.960 bits per heavy atom. The normalized spacial score (nSPS) is 18.0. The monoisotopic (exact) mass is 347 g/mol. The van der Waals surface area contributed by atoms with Crippen LogP contribution in [-0.4, -0.2) is 29.0 Å². The number of benzene rings is 1. The molecule has 0 amide bonds. The first-order valence-electron chi connectivity index (χ1n) is 10.2. The Bertz CT molecular complexity index is 511. The predicted octanol–water partition coefficient (Wildman–Crippen LogP) is 3.77. The van der Waals surface area contributed by atoms with Gasteiger partial charge in [-0.1, -0.05) is 57.2 Å². The van der Waals surface area contributed by atoms with Crippen LogP contribution in [0, 0.1) is 5.92 Å². The molecule has 1 aromatic rings. The fourth-order valence-electron chi connectivity index (χ4n) is 4.11. The molecular weight excluding hydrogens is 310 g/mol. The Balaban J connectivity index is 1.88. The van der Waals surface area contributed by atoms with Crippen molar-refractivity contribution in [2.75, 3.05) is 13.2 Å². The molecule has 0 saturated carbocycles. The second-order valence-corrected chi connectivity index (χ2v) is 7.94. The number of aliphatic hydroxyl groups excluding tert-OH is 2. The number of fused-ring (bicyclic) bond motifs is 1. The third-order valence-electron chi connectivity index (χ3n) is 6.02. The summed E-state index contributed by atoms with van der Waals surface area (Å²) in [7, 11) is 0. The summed E-state index contributed by atoms with van der Waals surface area (Å²) in [5.41, 5.74) is 9.70. The van der Waals surface area contributed by atoms with Crippen LogP contribution in [-0.2, 0) is 19.3 Å². The quantitative estimate of drug-likeness (QED) is 0.446. The van der Waals surface area contributed by atoms with Gasteiger partial charge in [-0.05, 0) is 61.1 Å². The van der Waals surface area contributed by atoms with E-state index in [9.17, 15) is 10.2 Å². The lowest BCUT2D eigenvalue weighted by Gasteiger charge is -2.33. The van der Waals surface area contributed by atoms with Crippen LogP contribution in [0.1, 0.15) is 75.0 Å². The van der Waals surface area contributed by atoms with Crippen LogP contribution < -0.4 is 5.73 Å². The highest BCUT2D eigenvalue weighted by atomic mass is 16.3. The SMILES string of the molecule is CCCCCCCCc1ccc2c(c1)CCC(C(N)(CO)CO)CC2. The summed E-state index contributed by atoms with van der Waals surface area (Å²) in [5, 5.41) is 19.2. The molecule has 0 saturated heterocycles. The van der Waals surface area contributed by atoms with Crippen molar-refractivity contribution < 1.29 is 10.2 Å². The maximum absolute atomic E-state index is 9.58. The molecule has 1 aliphatic rings. The fourth-order valence-corrected chi connectivity index (χ4v) is 4.11. The second-order valence-electron chi connectivity index (χ2n) is 7.94. The Morgan fingerprint density at radius 3 is 2.28 bits per heavy atom. The van der Waals surface area contributed by atoms with E-state index in [1.54, 1.807) is 0 Å². The zero-order valence-corrected chi connectivity index (χ0v) is 16.0. The molecule has 1 unspecified atom stereocenters. The van der Waals surface area contributed by atoms with Gasteiger partial charge in [-0.25, -0.2) is 0 Å². The lowest BCUT2D eigenvalue weighted by molar-refractivity contribution is 0.0688. The van der Waals surface area contributed by atoms with Crippen molar-refractivity contribution in [3.63, 3.8) is 0 Å². The fraction of sp³-hybridized carbons (Fsp3) is 0.727. The Hall–Kier alpha value is -0.900. The van der Waals surface area contributed by atoms with Gasteiger partial charge in [0.1, 0.15) is 0 Å². The molecule has 1 atom stereocenters. The highest BCUT2D eigenvalue weighted by molar-refractivity contribution is 5.33. The molecule has 142 valence electrons. The molecule has 0 spiro atoms. The molecule has 0 aromatic heterocycles. The maximum Gasteiger partial charge on any atom is 0.0651 e. The van der Waals surface area contributed by atoms with Gasteiger partial charge in [-0.3, -0.25) is 0 Å². The van der Waals surface area contributed by atoms with E-state index >= 15 is 0 Å². The van der Waals surface area contributed by atoms with Crippen molar-refractivity contribution in [3.05, 3.63) is 34.9 Å². The van der Waals surface area contributed by atoms with Crippen LogP contribution in [0.25, 0.3) is 0 Å². The number of hydrogen-bond donors (Lipinski definition) is 3. The average molecular weight is 348 g/mol. The van der Waals surface area contributed by atoms with Crippen molar-refractivity contribution in [3.8, 4) is 0 Å². The van der Waals surface area contributed by atoms with Gasteiger partial charge in [-0.15, -0.1) is 0 Å². The van der Waals surface area contributed by atoms with Gasteiger partial charge < -0.3 is 15.9 Å². The van der Waals surface area contributed by atoms with Crippen LogP contribution in [0.2, 0.25) is 0 Å². The van der Waals surface area contributed by atoms with E-state index in [4.69, 9.17) is 5.73 Å². The van der Waals surface area contributed by atoms with Crippen molar-refractivity contribution in [1.82, 2.24) is 0 Å². The summed E-state index contributed by atoms with van der Waals surface area (Å²) in [6.45, 7) is 1.97. The standard InChI is InChI=1S/C22H37NO2/c1-2-3-4-5-6-7-8-18-9-10-19-11-13-21(14-12-20(19)15-18)22(23,16-24)17-25/h9-10,15,21,24-25H,2-8,11-14,16-17,23H2,1H3. The van der Waals surface area contributed by atoms with Crippen LogP contribution in [0.3, 0.4) is 0 Å². The number of aliphatic hydroxyl groups is 2. The first-order chi connectivity index (χ1) is 12.1. The molecule has 3 nitrogen and oxygen atoms in total. The van der Waals surface area contributed by atoms with Crippen molar-refractivity contribution in [2.45, 2.75) is 83.1 Å². The molecule has 0 radical (unpaired) electrons. The number of hydrogen-bond acceptors (Lipinski definition) is 3. The molecule has 0 aliphatic heterocycles. The highest BCUT2D eigenvalue weighted by Crippen LogP contribution is 2.31. The summed E-state index contributed by atoms with van der Waals surface area (Å²) in [6, 6.07) is 6.97. The van der Waals surface area contributed by atoms with E-state index in [-0.39, 0.29) is 19.1 Å². The van der Waals surface area contributed by atoms with E-state index in [0.29, 0.717) is 0 Å². The van der Waals surface area contributed by atoms with E-state index in [1.807, 2.05) is 0 Å². The molecule has 1 aliphatic carbocycles. The predicted molar refractivity (Wildman–Crippen MR) is 105 cm³/mol. The zero-order valence-electron chi connectivity index (χ0n) is 16.0. The number of rotatable bonds is 10. The van der Waals surface area contributed by atoms with Crippen LogP contribution in [0.4, 0.5) is 0 Å². The topological polar surface area (TPSA) is 66.5 Å².